The van der Waals surface area contributed by atoms with Crippen molar-refractivity contribution in [2.45, 2.75) is 0 Å². The molecule has 2 aliphatic rings. The molecule has 0 saturated heterocycles. The van der Waals surface area contributed by atoms with E-state index in [1.807, 2.05) is 31.0 Å². The Morgan fingerprint density at radius 1 is 1.18 bits per heavy atom. The fourth-order valence-electron chi connectivity index (χ4n) is 1.04. The van der Waals surface area contributed by atoms with Gasteiger partial charge in [0.1, 0.15) is 6.72 Å². The fraction of sp³-hybridized carbons (Fsp3) is 0. The normalized spacial score (nSPS) is 19.5. The molecule has 1 radical (unpaired) electrons. The molecular formula is C10H7N+. The van der Waals surface area contributed by atoms with Gasteiger partial charge in [-0.3, -0.25) is 0 Å². The summed E-state index contributed by atoms with van der Waals surface area (Å²) in [4.78, 5) is 0. The Labute approximate surface area is 65.7 Å². The third-order valence-electron chi connectivity index (χ3n) is 1.58. The summed E-state index contributed by atoms with van der Waals surface area (Å²) in [6, 6.07) is 0. The molecule has 0 bridgehead atoms. The number of hydrogen-bond acceptors (Lipinski definition) is 0. The highest BCUT2D eigenvalue weighted by Crippen LogP contribution is 2.18. The highest BCUT2D eigenvalue weighted by Gasteiger charge is 2.15. The van der Waals surface area contributed by atoms with E-state index in [1.165, 1.54) is 0 Å². The zero-order valence-electron chi connectivity index (χ0n) is 6.04. The SMILES string of the molecule is C=[N+]1[CH]C2=C=CC=C=C2C=C1. The van der Waals surface area contributed by atoms with Gasteiger partial charge in [0.15, 0.2) is 6.20 Å². The van der Waals surface area contributed by atoms with Gasteiger partial charge in [0.2, 0.25) is 0 Å². The molecule has 1 aliphatic heterocycles. The lowest BCUT2D eigenvalue weighted by Gasteiger charge is -2.04. The monoisotopic (exact) mass is 141 g/mol. The average molecular weight is 141 g/mol. The quantitative estimate of drug-likeness (QED) is 0.356. The van der Waals surface area contributed by atoms with E-state index in [4.69, 9.17) is 0 Å². The second-order valence-corrected chi connectivity index (χ2v) is 2.41. The maximum atomic E-state index is 3.75. The molecule has 0 amide bonds. The number of nitrogens with zero attached hydrogens (tertiary/aromatic N) is 1. The summed E-state index contributed by atoms with van der Waals surface area (Å²) in [6.45, 7) is 5.68. The molecule has 1 nitrogen and oxygen atoms in total. The molecule has 0 saturated carbocycles. The molecule has 0 atom stereocenters. The van der Waals surface area contributed by atoms with Gasteiger partial charge in [-0.1, -0.05) is 0 Å². The Morgan fingerprint density at radius 2 is 1.91 bits per heavy atom. The fourth-order valence-corrected chi connectivity index (χ4v) is 1.04. The van der Waals surface area contributed by atoms with Crippen molar-refractivity contribution < 1.29 is 4.58 Å². The van der Waals surface area contributed by atoms with Crippen LogP contribution < -0.4 is 0 Å². The van der Waals surface area contributed by atoms with Gasteiger partial charge >= 0.3 is 0 Å². The summed E-state index contributed by atoms with van der Waals surface area (Å²) in [5.41, 5.74) is 8.33. The van der Waals surface area contributed by atoms with E-state index >= 15 is 0 Å². The van der Waals surface area contributed by atoms with Gasteiger partial charge in [-0.15, -0.1) is 11.5 Å². The number of allylic oxidation sites excluding steroid dienone is 1. The molecular weight excluding hydrogens is 134 g/mol. The smallest absolute Gasteiger partial charge is 0.197 e. The zero-order valence-corrected chi connectivity index (χ0v) is 6.04. The van der Waals surface area contributed by atoms with Gasteiger partial charge in [-0.25, -0.2) is 0 Å². The van der Waals surface area contributed by atoms with Crippen LogP contribution in [0, 0.1) is 6.54 Å². The minimum absolute atomic E-state index is 1.05. The third kappa shape index (κ3) is 1.03. The van der Waals surface area contributed by atoms with Gasteiger partial charge in [-0.2, -0.15) is 4.58 Å². The Morgan fingerprint density at radius 3 is 2.73 bits per heavy atom. The standard InChI is InChI=1S/C10H7N/c1-11-7-6-9-4-2-3-5-10(9)8-11/h2-3,6-8H,1H2/q+1. The van der Waals surface area contributed by atoms with Crippen LogP contribution in [-0.2, 0) is 0 Å². The van der Waals surface area contributed by atoms with Crippen molar-refractivity contribution in [3.05, 3.63) is 53.6 Å². The Kier molecular flexibility index (Phi) is 1.26. The van der Waals surface area contributed by atoms with Crippen molar-refractivity contribution in [3.8, 4) is 0 Å². The number of rotatable bonds is 0. The second-order valence-electron chi connectivity index (χ2n) is 2.41. The lowest BCUT2D eigenvalue weighted by Crippen LogP contribution is -2.05. The van der Waals surface area contributed by atoms with E-state index in [-0.39, 0.29) is 0 Å². The highest BCUT2D eigenvalue weighted by atomic mass is 15.0. The summed E-state index contributed by atoms with van der Waals surface area (Å²) in [5.74, 6) is 0. The van der Waals surface area contributed by atoms with Gasteiger partial charge in [0, 0.05) is 11.6 Å². The van der Waals surface area contributed by atoms with E-state index in [9.17, 15) is 0 Å². The Hall–Kier alpha value is -1.55. The van der Waals surface area contributed by atoms with Crippen LogP contribution in [0.3, 0.4) is 0 Å². The Bertz CT molecular complexity index is 368. The second kappa shape index (κ2) is 2.25. The first-order chi connectivity index (χ1) is 5.36. The first-order valence-electron chi connectivity index (χ1n) is 3.40. The van der Waals surface area contributed by atoms with Crippen molar-refractivity contribution in [1.82, 2.24) is 0 Å². The molecule has 0 unspecified atom stereocenters. The van der Waals surface area contributed by atoms with Crippen LogP contribution in [0.25, 0.3) is 0 Å². The first-order valence-corrected chi connectivity index (χ1v) is 3.40. The van der Waals surface area contributed by atoms with Crippen molar-refractivity contribution in [1.29, 1.82) is 0 Å². The maximum absolute atomic E-state index is 3.75. The molecule has 0 N–H and O–H groups in total. The highest BCUT2D eigenvalue weighted by molar-refractivity contribution is 5.47. The summed E-state index contributed by atoms with van der Waals surface area (Å²) >= 11 is 0. The topological polar surface area (TPSA) is 3.01 Å². The number of hydrogen-bond donors (Lipinski definition) is 0. The van der Waals surface area contributed by atoms with Crippen LogP contribution in [0.5, 0.6) is 0 Å². The van der Waals surface area contributed by atoms with Crippen LogP contribution in [0.15, 0.2) is 47.0 Å². The van der Waals surface area contributed by atoms with Crippen molar-refractivity contribution in [2.24, 2.45) is 0 Å². The average Bonchev–Trinajstić information content (AvgIpc) is 2.04. The predicted octanol–water partition coefficient (Wildman–Crippen LogP) is 1.57. The van der Waals surface area contributed by atoms with Crippen LogP contribution >= 0.6 is 0 Å². The van der Waals surface area contributed by atoms with E-state index in [0.29, 0.717) is 0 Å². The molecule has 0 aromatic rings. The van der Waals surface area contributed by atoms with Gasteiger partial charge in [0.05, 0.1) is 5.57 Å². The lowest BCUT2D eigenvalue weighted by atomic mass is 10.0. The van der Waals surface area contributed by atoms with Crippen molar-refractivity contribution >= 4 is 6.72 Å². The molecule has 51 valence electrons. The largest absolute Gasteiger partial charge is 0.257 e. The summed E-state index contributed by atoms with van der Waals surface area (Å²) < 4.78 is 1.76. The molecule has 0 fully saturated rings. The van der Waals surface area contributed by atoms with Crippen molar-refractivity contribution in [2.75, 3.05) is 0 Å². The maximum Gasteiger partial charge on any atom is 0.257 e. The summed E-state index contributed by atoms with van der Waals surface area (Å²) in [5, 5.41) is 0. The molecule has 11 heavy (non-hydrogen) atoms. The summed E-state index contributed by atoms with van der Waals surface area (Å²) in [7, 11) is 0. The first kappa shape index (κ1) is 6.18. The van der Waals surface area contributed by atoms with Gasteiger partial charge in [0.25, 0.3) is 6.54 Å². The Balaban J connectivity index is 2.56. The third-order valence-corrected chi connectivity index (χ3v) is 1.58. The molecule has 0 aromatic heterocycles. The predicted molar refractivity (Wildman–Crippen MR) is 44.0 cm³/mol. The van der Waals surface area contributed by atoms with Gasteiger partial charge in [-0.05, 0) is 12.2 Å². The molecule has 1 aliphatic carbocycles. The summed E-state index contributed by atoms with van der Waals surface area (Å²) in [6.07, 6.45) is 7.57. The van der Waals surface area contributed by atoms with E-state index in [1.54, 1.807) is 4.58 Å². The van der Waals surface area contributed by atoms with Crippen LogP contribution in [0.4, 0.5) is 0 Å². The zero-order chi connectivity index (χ0) is 7.68. The van der Waals surface area contributed by atoms with Crippen LogP contribution in [-0.4, -0.2) is 11.3 Å². The molecule has 2 rings (SSSR count). The van der Waals surface area contributed by atoms with Crippen LogP contribution in [0.1, 0.15) is 0 Å². The molecule has 0 spiro atoms. The van der Waals surface area contributed by atoms with E-state index in [0.717, 1.165) is 11.1 Å². The number of fused-ring (bicyclic) bond motifs is 1. The minimum atomic E-state index is 1.05. The van der Waals surface area contributed by atoms with Crippen molar-refractivity contribution in [3.63, 3.8) is 0 Å². The van der Waals surface area contributed by atoms with Gasteiger partial charge < -0.3 is 0 Å². The molecule has 0 aromatic carbocycles. The van der Waals surface area contributed by atoms with E-state index < -0.39 is 0 Å². The minimum Gasteiger partial charge on any atom is -0.197 e. The lowest BCUT2D eigenvalue weighted by molar-refractivity contribution is -0.397. The molecule has 1 heterocycles. The van der Waals surface area contributed by atoms with E-state index in [2.05, 4.69) is 18.2 Å². The molecule has 1 heteroatoms. The van der Waals surface area contributed by atoms with Crippen LogP contribution in [0.2, 0.25) is 0 Å².